The Hall–Kier alpha value is -3.29. The largest absolute Gasteiger partial charge is 0.312 e. The molecule has 4 aliphatic rings. The first-order valence-corrected chi connectivity index (χ1v) is 18.7. The van der Waals surface area contributed by atoms with Crippen LogP contribution in [0.15, 0.2) is 144 Å². The van der Waals surface area contributed by atoms with Crippen LogP contribution in [0.25, 0.3) is 21.2 Å². The van der Waals surface area contributed by atoms with Crippen molar-refractivity contribution in [2.75, 3.05) is 4.90 Å². The second-order valence-electron chi connectivity index (χ2n) is 11.9. The van der Waals surface area contributed by atoms with E-state index in [1.807, 2.05) is 46.6 Å². The molecule has 1 aromatic heterocycles. The Kier molecular flexibility index (Phi) is 5.97. The van der Waals surface area contributed by atoms with Crippen molar-refractivity contribution in [1.82, 2.24) is 0 Å². The Bertz CT molecular complexity index is 2200. The highest BCUT2D eigenvalue weighted by molar-refractivity contribution is 8.03. The maximum absolute atomic E-state index is 2.58. The van der Waals surface area contributed by atoms with Gasteiger partial charge in [-0.05, 0) is 102 Å². The van der Waals surface area contributed by atoms with Crippen LogP contribution in [0.2, 0.25) is 0 Å². The zero-order chi connectivity index (χ0) is 28.8. The quantitative estimate of drug-likeness (QED) is 0.174. The van der Waals surface area contributed by atoms with E-state index in [0.717, 1.165) is 6.42 Å². The topological polar surface area (TPSA) is 3.24 Å². The minimum absolute atomic E-state index is 0.235. The van der Waals surface area contributed by atoms with E-state index in [1.54, 1.807) is 4.91 Å². The van der Waals surface area contributed by atoms with Crippen molar-refractivity contribution < 1.29 is 0 Å². The van der Waals surface area contributed by atoms with E-state index in [-0.39, 0.29) is 6.71 Å². The molecule has 5 aromatic carbocycles. The average Bonchev–Trinajstić information content (AvgIpc) is 3.56. The van der Waals surface area contributed by atoms with Gasteiger partial charge in [-0.1, -0.05) is 101 Å². The third kappa shape index (κ3) is 3.91. The Morgan fingerprint density at radius 2 is 1.45 bits per heavy atom. The molecule has 6 aromatic rings. The van der Waals surface area contributed by atoms with Gasteiger partial charge in [-0.3, -0.25) is 0 Å². The molecule has 1 aliphatic carbocycles. The zero-order valence-electron chi connectivity index (χ0n) is 23.9. The van der Waals surface area contributed by atoms with Crippen LogP contribution in [0.4, 0.5) is 11.4 Å². The van der Waals surface area contributed by atoms with Gasteiger partial charge in [-0.25, -0.2) is 0 Å². The molecule has 0 spiro atoms. The molecular weight excluding hydrogens is 610 g/mol. The van der Waals surface area contributed by atoms with E-state index in [9.17, 15) is 0 Å². The fraction of sp³-hybridized carbons (Fsp3) is 0.105. The Labute approximate surface area is 274 Å². The average molecular weight is 636 g/mol. The summed E-state index contributed by atoms with van der Waals surface area (Å²) in [6.45, 7) is 0.235. The molecule has 4 heterocycles. The predicted octanol–water partition coefficient (Wildman–Crippen LogP) is 10.0. The van der Waals surface area contributed by atoms with Gasteiger partial charge < -0.3 is 4.90 Å². The van der Waals surface area contributed by atoms with Crippen molar-refractivity contribution in [2.45, 2.75) is 50.2 Å². The Balaban J connectivity index is 1.14. The lowest BCUT2D eigenvalue weighted by atomic mass is 9.36. The smallest absolute Gasteiger partial charge is 0.247 e. The van der Waals surface area contributed by atoms with Gasteiger partial charge in [-0.15, -0.1) is 11.3 Å². The summed E-state index contributed by atoms with van der Waals surface area (Å²) in [4.78, 5) is 11.1. The molecule has 0 saturated heterocycles. The lowest BCUT2D eigenvalue weighted by Gasteiger charge is -2.38. The lowest BCUT2D eigenvalue weighted by molar-refractivity contribution is 0.680. The third-order valence-corrected chi connectivity index (χ3v) is 14.0. The summed E-state index contributed by atoms with van der Waals surface area (Å²) in [5, 5.41) is 3.54. The van der Waals surface area contributed by atoms with Crippen molar-refractivity contribution >= 4 is 91.2 Å². The van der Waals surface area contributed by atoms with Crippen LogP contribution in [0.3, 0.4) is 0 Å². The predicted molar refractivity (Wildman–Crippen MR) is 193 cm³/mol. The maximum Gasteiger partial charge on any atom is 0.247 e. The number of para-hydroxylation sites is 1. The Morgan fingerprint density at radius 1 is 0.614 bits per heavy atom. The van der Waals surface area contributed by atoms with E-state index in [4.69, 9.17) is 0 Å². The van der Waals surface area contributed by atoms with Gasteiger partial charge in [0, 0.05) is 45.5 Å². The third-order valence-electron chi connectivity index (χ3n) is 9.43. The molecule has 0 N–H and O–H groups in total. The number of thiophene rings is 1. The first kappa shape index (κ1) is 26.0. The summed E-state index contributed by atoms with van der Waals surface area (Å²) in [5.41, 5.74) is 11.1. The molecular formula is C38H26BNS4. The van der Waals surface area contributed by atoms with Crippen LogP contribution < -0.4 is 21.3 Å². The van der Waals surface area contributed by atoms with E-state index < -0.39 is 0 Å². The summed E-state index contributed by atoms with van der Waals surface area (Å²) in [6.07, 6.45) is 4.91. The van der Waals surface area contributed by atoms with Crippen molar-refractivity contribution in [3.05, 3.63) is 119 Å². The molecule has 0 saturated carbocycles. The summed E-state index contributed by atoms with van der Waals surface area (Å²) in [5.74, 6) is 0. The second-order valence-corrected chi connectivity index (χ2v) is 16.1. The first-order valence-electron chi connectivity index (χ1n) is 15.3. The van der Waals surface area contributed by atoms with Gasteiger partial charge in [-0.2, -0.15) is 0 Å². The van der Waals surface area contributed by atoms with Gasteiger partial charge >= 0.3 is 0 Å². The number of benzene rings is 5. The molecule has 0 atom stereocenters. The van der Waals surface area contributed by atoms with Crippen molar-refractivity contribution in [3.63, 3.8) is 0 Å². The van der Waals surface area contributed by atoms with Crippen LogP contribution in [0, 0.1) is 0 Å². The van der Waals surface area contributed by atoms with E-state index >= 15 is 0 Å². The van der Waals surface area contributed by atoms with Gasteiger partial charge in [0.05, 0.1) is 5.69 Å². The van der Waals surface area contributed by atoms with Crippen LogP contribution in [-0.2, 0) is 0 Å². The molecule has 3 aliphatic heterocycles. The minimum Gasteiger partial charge on any atom is -0.312 e. The van der Waals surface area contributed by atoms with Crippen LogP contribution >= 0.6 is 46.6 Å². The number of nitrogens with zero attached hydrogens (tertiary/aromatic N) is 1. The molecule has 44 heavy (non-hydrogen) atoms. The van der Waals surface area contributed by atoms with Gasteiger partial charge in [0.1, 0.15) is 0 Å². The fourth-order valence-corrected chi connectivity index (χ4v) is 12.0. The number of allylic oxidation sites excluding steroid dienone is 2. The van der Waals surface area contributed by atoms with E-state index in [1.165, 1.54) is 98.4 Å². The van der Waals surface area contributed by atoms with E-state index in [2.05, 4.69) is 113 Å². The summed E-state index contributed by atoms with van der Waals surface area (Å²) in [7, 11) is 0. The molecule has 1 nitrogen and oxygen atoms in total. The summed E-state index contributed by atoms with van der Waals surface area (Å²) < 4.78 is 1.37. The summed E-state index contributed by atoms with van der Waals surface area (Å²) >= 11 is 7.73. The fourth-order valence-electron chi connectivity index (χ4n) is 7.46. The minimum atomic E-state index is 0.235. The standard InChI is InChI=1S/C38H26BNS4/c1-3-11-32-29(9-1)40(30-10-2-4-12-33(30)43-32)25-16-17-27-36(22-25)44-35-14-6-13-34-37(35)39(27)28-21-24(15-18-31(28)42-34)26-8-5-7-23-19-20-41-38(23)26/h1,3,5-9,11,13-22H,2,4,10,12H2. The van der Waals surface area contributed by atoms with Gasteiger partial charge in [0.25, 0.3) is 0 Å². The second kappa shape index (κ2) is 10.1. The highest BCUT2D eigenvalue weighted by atomic mass is 32.2. The summed E-state index contributed by atoms with van der Waals surface area (Å²) in [6, 6.07) is 39.3. The molecule has 6 heteroatoms. The van der Waals surface area contributed by atoms with Crippen LogP contribution in [-0.4, -0.2) is 6.71 Å². The molecule has 0 fully saturated rings. The molecule has 210 valence electrons. The first-order chi connectivity index (χ1) is 21.8. The molecule has 10 rings (SSSR count). The monoisotopic (exact) mass is 635 g/mol. The highest BCUT2D eigenvalue weighted by Crippen LogP contribution is 2.51. The van der Waals surface area contributed by atoms with Gasteiger partial charge in [0.15, 0.2) is 0 Å². The number of hydrogen-bond acceptors (Lipinski definition) is 5. The van der Waals surface area contributed by atoms with Crippen molar-refractivity contribution in [2.24, 2.45) is 0 Å². The number of hydrogen-bond donors (Lipinski definition) is 0. The van der Waals surface area contributed by atoms with Crippen molar-refractivity contribution in [1.29, 1.82) is 0 Å². The van der Waals surface area contributed by atoms with Crippen LogP contribution in [0.1, 0.15) is 25.7 Å². The molecule has 0 radical (unpaired) electrons. The highest BCUT2D eigenvalue weighted by Gasteiger charge is 2.39. The maximum atomic E-state index is 2.58. The van der Waals surface area contributed by atoms with Crippen molar-refractivity contribution in [3.8, 4) is 11.1 Å². The Morgan fingerprint density at radius 3 is 2.41 bits per heavy atom. The molecule has 0 amide bonds. The molecule has 0 unspecified atom stereocenters. The number of rotatable bonds is 2. The zero-order valence-corrected chi connectivity index (χ0v) is 27.1. The molecule has 0 bridgehead atoms. The SMILES string of the molecule is c1ccc2c(c1)SC1=C(CCCC1)N2c1ccc2c(c1)Sc1cccc3c1B2c1cc(-c2cccc4ccsc24)ccc1S3. The number of anilines is 2. The lowest BCUT2D eigenvalue weighted by Crippen LogP contribution is -2.58. The number of fused-ring (bicyclic) bond motifs is 6. The van der Waals surface area contributed by atoms with Gasteiger partial charge in [0.2, 0.25) is 6.71 Å². The normalized spacial score (nSPS) is 16.3. The van der Waals surface area contributed by atoms with Crippen LogP contribution in [0.5, 0.6) is 0 Å². The van der Waals surface area contributed by atoms with E-state index in [0.29, 0.717) is 0 Å². The number of thioether (sulfide) groups is 1.